The van der Waals surface area contributed by atoms with Gasteiger partial charge >= 0.3 is 0 Å². The molecule has 3 heteroatoms. The number of benzene rings is 1. The van der Waals surface area contributed by atoms with Crippen molar-refractivity contribution in [3.8, 4) is 5.75 Å². The van der Waals surface area contributed by atoms with E-state index in [0.717, 1.165) is 12.3 Å². The van der Waals surface area contributed by atoms with E-state index in [1.54, 1.807) is 0 Å². The van der Waals surface area contributed by atoms with Gasteiger partial charge in [0.15, 0.2) is 0 Å². The van der Waals surface area contributed by atoms with Crippen molar-refractivity contribution in [2.45, 2.75) is 6.04 Å². The second kappa shape index (κ2) is 5.19. The minimum absolute atomic E-state index is 0.307. The number of halogens is 1. The third-order valence-corrected chi connectivity index (χ3v) is 2.62. The Labute approximate surface area is 94.9 Å². The monoisotopic (exact) mass is 223 g/mol. The molecule has 1 heterocycles. The SMILES string of the molecule is ClC/C=C/CNC1COc2ccccc21. The van der Waals surface area contributed by atoms with Crippen LogP contribution in [-0.4, -0.2) is 19.0 Å². The van der Waals surface area contributed by atoms with E-state index in [0.29, 0.717) is 18.5 Å². The lowest BCUT2D eigenvalue weighted by atomic mass is 10.1. The maximum Gasteiger partial charge on any atom is 0.124 e. The molecule has 2 nitrogen and oxygen atoms in total. The molecule has 1 aromatic carbocycles. The first-order chi connectivity index (χ1) is 7.42. The van der Waals surface area contributed by atoms with Gasteiger partial charge in [-0.3, -0.25) is 0 Å². The van der Waals surface area contributed by atoms with Gasteiger partial charge in [-0.05, 0) is 6.07 Å². The molecule has 1 atom stereocenters. The topological polar surface area (TPSA) is 21.3 Å². The minimum atomic E-state index is 0.307. The van der Waals surface area contributed by atoms with Crippen LogP contribution in [0.15, 0.2) is 36.4 Å². The summed E-state index contributed by atoms with van der Waals surface area (Å²) >= 11 is 5.54. The minimum Gasteiger partial charge on any atom is -0.491 e. The van der Waals surface area contributed by atoms with E-state index < -0.39 is 0 Å². The molecule has 0 amide bonds. The van der Waals surface area contributed by atoms with Crippen LogP contribution in [0, 0.1) is 0 Å². The maximum atomic E-state index is 5.56. The highest BCUT2D eigenvalue weighted by Gasteiger charge is 2.21. The Morgan fingerprint density at radius 3 is 3.13 bits per heavy atom. The predicted octanol–water partition coefficient (Wildman–Crippen LogP) is 2.50. The third kappa shape index (κ3) is 2.52. The van der Waals surface area contributed by atoms with Crippen molar-refractivity contribution in [3.63, 3.8) is 0 Å². The van der Waals surface area contributed by atoms with Gasteiger partial charge in [0.2, 0.25) is 0 Å². The highest BCUT2D eigenvalue weighted by molar-refractivity contribution is 6.18. The molecule has 0 bridgehead atoms. The van der Waals surface area contributed by atoms with E-state index >= 15 is 0 Å². The first kappa shape index (κ1) is 10.5. The third-order valence-electron chi connectivity index (χ3n) is 2.44. The molecule has 15 heavy (non-hydrogen) atoms. The number of hydrogen-bond acceptors (Lipinski definition) is 2. The molecule has 1 aliphatic heterocycles. The van der Waals surface area contributed by atoms with Crippen LogP contribution in [0.2, 0.25) is 0 Å². The van der Waals surface area contributed by atoms with Crippen molar-refractivity contribution in [2.24, 2.45) is 0 Å². The zero-order valence-electron chi connectivity index (χ0n) is 8.45. The molecule has 1 aliphatic rings. The second-order valence-corrected chi connectivity index (χ2v) is 3.74. The molecule has 0 aliphatic carbocycles. The molecular formula is C12H14ClNO. The Kier molecular flexibility index (Phi) is 3.64. The van der Waals surface area contributed by atoms with E-state index in [2.05, 4.69) is 11.4 Å². The predicted molar refractivity (Wildman–Crippen MR) is 62.5 cm³/mol. The van der Waals surface area contributed by atoms with Gasteiger partial charge in [-0.15, -0.1) is 11.6 Å². The standard InChI is InChI=1S/C12H14ClNO/c13-7-3-4-8-14-11-9-15-12-6-2-1-5-10(11)12/h1-6,11,14H,7-9H2/b4-3+. The molecule has 2 rings (SSSR count). The molecule has 0 spiro atoms. The van der Waals surface area contributed by atoms with E-state index in [1.165, 1.54) is 5.56 Å². The van der Waals surface area contributed by atoms with Crippen LogP contribution >= 0.6 is 11.6 Å². The summed E-state index contributed by atoms with van der Waals surface area (Å²) in [6, 6.07) is 8.45. The molecule has 1 N–H and O–H groups in total. The fourth-order valence-corrected chi connectivity index (χ4v) is 1.81. The average molecular weight is 224 g/mol. The van der Waals surface area contributed by atoms with Crippen LogP contribution < -0.4 is 10.1 Å². The van der Waals surface area contributed by atoms with Crippen molar-refractivity contribution in [1.29, 1.82) is 0 Å². The van der Waals surface area contributed by atoms with Crippen LogP contribution in [-0.2, 0) is 0 Å². The molecule has 0 saturated carbocycles. The van der Waals surface area contributed by atoms with E-state index in [1.807, 2.05) is 30.4 Å². The van der Waals surface area contributed by atoms with Crippen molar-refractivity contribution in [1.82, 2.24) is 5.32 Å². The van der Waals surface area contributed by atoms with Gasteiger partial charge in [0.1, 0.15) is 12.4 Å². The fraction of sp³-hybridized carbons (Fsp3) is 0.333. The summed E-state index contributed by atoms with van der Waals surface area (Å²) in [5, 5.41) is 3.40. The summed E-state index contributed by atoms with van der Waals surface area (Å²) in [7, 11) is 0. The Bertz CT molecular complexity index is 351. The number of hydrogen-bond donors (Lipinski definition) is 1. The first-order valence-electron chi connectivity index (χ1n) is 5.08. The number of para-hydroxylation sites is 1. The number of alkyl halides is 1. The van der Waals surface area contributed by atoms with Crippen LogP contribution in [0.4, 0.5) is 0 Å². The number of ether oxygens (including phenoxy) is 1. The number of allylic oxidation sites excluding steroid dienone is 1. The fourth-order valence-electron chi connectivity index (χ4n) is 1.69. The summed E-state index contributed by atoms with van der Waals surface area (Å²) in [5.41, 5.74) is 1.25. The Morgan fingerprint density at radius 1 is 1.40 bits per heavy atom. The summed E-state index contributed by atoms with van der Waals surface area (Å²) < 4.78 is 5.56. The van der Waals surface area contributed by atoms with Crippen LogP contribution in [0.25, 0.3) is 0 Å². The number of fused-ring (bicyclic) bond motifs is 1. The van der Waals surface area contributed by atoms with Crippen molar-refractivity contribution < 1.29 is 4.74 Å². The first-order valence-corrected chi connectivity index (χ1v) is 5.61. The maximum absolute atomic E-state index is 5.56. The second-order valence-electron chi connectivity index (χ2n) is 3.44. The highest BCUT2D eigenvalue weighted by Crippen LogP contribution is 2.31. The molecular weight excluding hydrogens is 210 g/mol. The molecule has 0 saturated heterocycles. The molecule has 80 valence electrons. The number of rotatable bonds is 4. The highest BCUT2D eigenvalue weighted by atomic mass is 35.5. The van der Waals surface area contributed by atoms with Crippen molar-refractivity contribution in [3.05, 3.63) is 42.0 Å². The lowest BCUT2D eigenvalue weighted by Gasteiger charge is -2.08. The zero-order chi connectivity index (χ0) is 10.5. The lowest BCUT2D eigenvalue weighted by Crippen LogP contribution is -2.22. The zero-order valence-corrected chi connectivity index (χ0v) is 9.20. The van der Waals surface area contributed by atoms with Crippen molar-refractivity contribution in [2.75, 3.05) is 19.0 Å². The molecule has 1 unspecified atom stereocenters. The Morgan fingerprint density at radius 2 is 2.27 bits per heavy atom. The summed E-state index contributed by atoms with van der Waals surface area (Å²) in [4.78, 5) is 0. The summed E-state index contributed by atoms with van der Waals surface area (Å²) in [6.07, 6.45) is 3.98. The average Bonchev–Trinajstić information content (AvgIpc) is 2.68. The van der Waals surface area contributed by atoms with Crippen LogP contribution in [0.3, 0.4) is 0 Å². The van der Waals surface area contributed by atoms with Gasteiger partial charge in [0.25, 0.3) is 0 Å². The molecule has 1 aromatic rings. The molecule has 0 radical (unpaired) electrons. The van der Waals surface area contributed by atoms with Gasteiger partial charge in [0.05, 0.1) is 6.04 Å². The largest absolute Gasteiger partial charge is 0.491 e. The van der Waals surface area contributed by atoms with Gasteiger partial charge in [0, 0.05) is 18.0 Å². The van der Waals surface area contributed by atoms with E-state index in [4.69, 9.17) is 16.3 Å². The Balaban J connectivity index is 1.93. The van der Waals surface area contributed by atoms with Gasteiger partial charge < -0.3 is 10.1 Å². The van der Waals surface area contributed by atoms with Gasteiger partial charge in [-0.25, -0.2) is 0 Å². The Hall–Kier alpha value is -0.990. The smallest absolute Gasteiger partial charge is 0.124 e. The van der Waals surface area contributed by atoms with Gasteiger partial charge in [-0.1, -0.05) is 30.4 Å². The van der Waals surface area contributed by atoms with E-state index in [-0.39, 0.29) is 0 Å². The quantitative estimate of drug-likeness (QED) is 0.626. The summed E-state index contributed by atoms with van der Waals surface area (Å²) in [5.74, 6) is 1.57. The molecule has 0 fully saturated rings. The van der Waals surface area contributed by atoms with Crippen LogP contribution in [0.5, 0.6) is 5.75 Å². The normalized spacial score (nSPS) is 19.1. The van der Waals surface area contributed by atoms with Crippen molar-refractivity contribution >= 4 is 11.6 Å². The van der Waals surface area contributed by atoms with E-state index in [9.17, 15) is 0 Å². The lowest BCUT2D eigenvalue weighted by molar-refractivity contribution is 0.315. The van der Waals surface area contributed by atoms with Gasteiger partial charge in [-0.2, -0.15) is 0 Å². The van der Waals surface area contributed by atoms with Crippen LogP contribution in [0.1, 0.15) is 11.6 Å². The number of nitrogens with one attached hydrogen (secondary N) is 1. The summed E-state index contributed by atoms with van der Waals surface area (Å²) in [6.45, 7) is 1.54. The molecule has 0 aromatic heterocycles.